The average Bonchev–Trinajstić information content (AvgIpc) is 2.31. The highest BCUT2D eigenvalue weighted by molar-refractivity contribution is 5.44. The van der Waals surface area contributed by atoms with Gasteiger partial charge in [0.1, 0.15) is 0 Å². The monoisotopic (exact) mass is 225 g/mol. The van der Waals surface area contributed by atoms with Crippen LogP contribution in [0.25, 0.3) is 0 Å². The zero-order valence-corrected chi connectivity index (χ0v) is 9.70. The van der Waals surface area contributed by atoms with Gasteiger partial charge in [-0.3, -0.25) is 0 Å². The second kappa shape index (κ2) is 5.18. The van der Waals surface area contributed by atoms with Crippen LogP contribution in [0.5, 0.6) is 11.5 Å². The van der Waals surface area contributed by atoms with Crippen molar-refractivity contribution in [2.75, 3.05) is 6.61 Å². The first-order chi connectivity index (χ1) is 7.52. The molecule has 0 aliphatic heterocycles. The fourth-order valence-corrected chi connectivity index (χ4v) is 1.32. The maximum atomic E-state index is 9.59. The van der Waals surface area contributed by atoms with Crippen molar-refractivity contribution in [2.45, 2.75) is 32.4 Å². The van der Waals surface area contributed by atoms with Crippen LogP contribution in [0, 0.1) is 0 Å². The normalized spacial score (nSPS) is 14.7. The highest BCUT2D eigenvalue weighted by Crippen LogP contribution is 2.28. The molecule has 0 aromatic heterocycles. The molecule has 0 aliphatic carbocycles. The lowest BCUT2D eigenvalue weighted by Gasteiger charge is -2.27. The molecule has 4 N–H and O–H groups in total. The zero-order valence-electron chi connectivity index (χ0n) is 9.70. The number of phenols is 2. The van der Waals surface area contributed by atoms with Crippen LogP contribution >= 0.6 is 0 Å². The summed E-state index contributed by atoms with van der Waals surface area (Å²) in [7, 11) is 0. The Labute approximate surface area is 95.6 Å². The van der Waals surface area contributed by atoms with Crippen molar-refractivity contribution >= 4 is 0 Å². The second-order valence-electron chi connectivity index (χ2n) is 4.21. The van der Waals surface area contributed by atoms with Crippen molar-refractivity contribution in [3.63, 3.8) is 0 Å². The van der Waals surface area contributed by atoms with E-state index in [1.54, 1.807) is 12.1 Å². The van der Waals surface area contributed by atoms with Gasteiger partial charge in [0.2, 0.25) is 0 Å². The quantitative estimate of drug-likeness (QED) is 0.571. The molecular weight excluding hydrogens is 206 g/mol. The molecule has 4 nitrogen and oxygen atoms in total. The van der Waals surface area contributed by atoms with Gasteiger partial charge in [0, 0.05) is 17.6 Å². The summed E-state index contributed by atoms with van der Waals surface area (Å²) >= 11 is 0. The van der Waals surface area contributed by atoms with E-state index in [0.29, 0.717) is 12.1 Å². The van der Waals surface area contributed by atoms with E-state index in [4.69, 9.17) is 0 Å². The lowest BCUT2D eigenvalue weighted by atomic mass is 9.99. The van der Waals surface area contributed by atoms with Gasteiger partial charge in [-0.25, -0.2) is 0 Å². The Balaban J connectivity index is 2.71. The summed E-state index contributed by atoms with van der Waals surface area (Å²) in [5.41, 5.74) is 0.255. The first-order valence-electron chi connectivity index (χ1n) is 5.38. The molecule has 0 fully saturated rings. The fraction of sp³-hybridized carbons (Fsp3) is 0.500. The van der Waals surface area contributed by atoms with Gasteiger partial charge in [0.15, 0.2) is 11.5 Å². The Morgan fingerprint density at radius 1 is 1.31 bits per heavy atom. The molecule has 16 heavy (non-hydrogen) atoms. The predicted octanol–water partition coefficient (Wildman–Crippen LogP) is 1.35. The first-order valence-corrected chi connectivity index (χ1v) is 5.38. The van der Waals surface area contributed by atoms with Crippen molar-refractivity contribution in [2.24, 2.45) is 0 Å². The molecule has 0 saturated heterocycles. The van der Waals surface area contributed by atoms with Crippen LogP contribution in [0.1, 0.15) is 25.8 Å². The standard InChI is InChI=1S/C12H19NO3/c1-3-12(2,8-14)13-7-9-5-4-6-10(15)11(9)16/h4-6,13-16H,3,7-8H2,1-2H3. The smallest absolute Gasteiger partial charge is 0.161 e. The lowest BCUT2D eigenvalue weighted by Crippen LogP contribution is -2.44. The van der Waals surface area contributed by atoms with Gasteiger partial charge in [-0.1, -0.05) is 19.1 Å². The predicted molar refractivity (Wildman–Crippen MR) is 62.4 cm³/mol. The Hall–Kier alpha value is -1.26. The van der Waals surface area contributed by atoms with Gasteiger partial charge < -0.3 is 20.6 Å². The highest BCUT2D eigenvalue weighted by Gasteiger charge is 2.20. The highest BCUT2D eigenvalue weighted by atomic mass is 16.3. The van der Waals surface area contributed by atoms with Crippen molar-refractivity contribution in [3.05, 3.63) is 23.8 Å². The molecule has 1 unspecified atom stereocenters. The van der Waals surface area contributed by atoms with Crippen molar-refractivity contribution in [3.8, 4) is 11.5 Å². The summed E-state index contributed by atoms with van der Waals surface area (Å²) in [5, 5.41) is 31.3. The average molecular weight is 225 g/mol. The molecule has 1 rings (SSSR count). The van der Waals surface area contributed by atoms with Gasteiger partial charge in [-0.2, -0.15) is 0 Å². The molecular formula is C12H19NO3. The second-order valence-corrected chi connectivity index (χ2v) is 4.21. The van der Waals surface area contributed by atoms with E-state index in [2.05, 4.69) is 5.32 Å². The van der Waals surface area contributed by atoms with Crippen LogP contribution in [-0.4, -0.2) is 27.5 Å². The van der Waals surface area contributed by atoms with Crippen LogP contribution < -0.4 is 5.32 Å². The Morgan fingerprint density at radius 3 is 2.56 bits per heavy atom. The number of phenolic OH excluding ortho intramolecular Hbond substituents is 2. The molecule has 4 heteroatoms. The summed E-state index contributed by atoms with van der Waals surface area (Å²) in [6.07, 6.45) is 0.781. The molecule has 0 radical (unpaired) electrons. The summed E-state index contributed by atoms with van der Waals surface area (Å²) in [4.78, 5) is 0. The van der Waals surface area contributed by atoms with E-state index >= 15 is 0 Å². The Bertz CT molecular complexity index is 348. The van der Waals surface area contributed by atoms with Crippen LogP contribution in [-0.2, 0) is 6.54 Å². The molecule has 0 spiro atoms. The number of aromatic hydroxyl groups is 2. The molecule has 0 saturated carbocycles. The third kappa shape index (κ3) is 2.87. The number of hydrogen-bond acceptors (Lipinski definition) is 4. The topological polar surface area (TPSA) is 72.7 Å². The third-order valence-corrected chi connectivity index (χ3v) is 2.93. The van der Waals surface area contributed by atoms with Gasteiger partial charge in [-0.15, -0.1) is 0 Å². The van der Waals surface area contributed by atoms with Crippen LogP contribution in [0.4, 0.5) is 0 Å². The van der Waals surface area contributed by atoms with E-state index in [1.165, 1.54) is 6.07 Å². The van der Waals surface area contributed by atoms with Gasteiger partial charge in [0.05, 0.1) is 6.61 Å². The minimum atomic E-state index is -0.363. The van der Waals surface area contributed by atoms with Crippen LogP contribution in [0.15, 0.2) is 18.2 Å². The molecule has 0 heterocycles. The van der Waals surface area contributed by atoms with Crippen LogP contribution in [0.2, 0.25) is 0 Å². The number of nitrogens with one attached hydrogen (secondary N) is 1. The third-order valence-electron chi connectivity index (χ3n) is 2.93. The summed E-state index contributed by atoms with van der Waals surface area (Å²) < 4.78 is 0. The number of para-hydroxylation sites is 1. The maximum Gasteiger partial charge on any atom is 0.161 e. The first kappa shape index (κ1) is 12.8. The maximum absolute atomic E-state index is 9.59. The molecule has 0 amide bonds. The fourth-order valence-electron chi connectivity index (χ4n) is 1.32. The van der Waals surface area contributed by atoms with Crippen molar-refractivity contribution in [1.29, 1.82) is 0 Å². The van der Waals surface area contributed by atoms with E-state index in [0.717, 1.165) is 6.42 Å². The van der Waals surface area contributed by atoms with Crippen molar-refractivity contribution < 1.29 is 15.3 Å². The van der Waals surface area contributed by atoms with Crippen molar-refractivity contribution in [1.82, 2.24) is 5.32 Å². The van der Waals surface area contributed by atoms with E-state index in [1.807, 2.05) is 13.8 Å². The number of aliphatic hydroxyl groups excluding tert-OH is 1. The molecule has 1 aromatic rings. The van der Waals surface area contributed by atoms with E-state index in [-0.39, 0.29) is 23.6 Å². The van der Waals surface area contributed by atoms with Gasteiger partial charge >= 0.3 is 0 Å². The Morgan fingerprint density at radius 2 is 2.00 bits per heavy atom. The largest absolute Gasteiger partial charge is 0.504 e. The molecule has 0 aliphatic rings. The molecule has 1 aromatic carbocycles. The number of hydrogen-bond donors (Lipinski definition) is 4. The Kier molecular flexibility index (Phi) is 4.15. The number of rotatable bonds is 5. The zero-order chi connectivity index (χ0) is 12.2. The van der Waals surface area contributed by atoms with E-state index < -0.39 is 0 Å². The minimum Gasteiger partial charge on any atom is -0.504 e. The SMILES string of the molecule is CCC(C)(CO)NCc1cccc(O)c1O. The molecule has 1 atom stereocenters. The molecule has 0 bridgehead atoms. The summed E-state index contributed by atoms with van der Waals surface area (Å²) in [6, 6.07) is 4.84. The minimum absolute atomic E-state index is 0.0308. The number of benzene rings is 1. The number of aliphatic hydroxyl groups is 1. The molecule has 90 valence electrons. The lowest BCUT2D eigenvalue weighted by molar-refractivity contribution is 0.168. The van der Waals surface area contributed by atoms with E-state index in [9.17, 15) is 15.3 Å². The van der Waals surface area contributed by atoms with Gasteiger partial charge in [-0.05, 0) is 19.4 Å². The summed E-state index contributed by atoms with van der Waals surface area (Å²) in [5.74, 6) is -0.229. The summed E-state index contributed by atoms with van der Waals surface area (Å²) in [6.45, 7) is 4.33. The van der Waals surface area contributed by atoms with Gasteiger partial charge in [0.25, 0.3) is 0 Å². The van der Waals surface area contributed by atoms with Crippen LogP contribution in [0.3, 0.4) is 0 Å².